The molecular weight excluding hydrogens is 288 g/mol. The van der Waals surface area contributed by atoms with Gasteiger partial charge in [-0.25, -0.2) is 0 Å². The van der Waals surface area contributed by atoms with E-state index >= 15 is 0 Å². The van der Waals surface area contributed by atoms with Gasteiger partial charge >= 0.3 is 12.4 Å². The lowest BCUT2D eigenvalue weighted by Crippen LogP contribution is -2.12. The highest BCUT2D eigenvalue weighted by atomic mass is 19.4. The van der Waals surface area contributed by atoms with E-state index in [4.69, 9.17) is 4.84 Å². The van der Waals surface area contributed by atoms with Crippen molar-refractivity contribution in [2.24, 2.45) is 0 Å². The minimum atomic E-state index is -4.89. The van der Waals surface area contributed by atoms with Gasteiger partial charge in [0.1, 0.15) is 0 Å². The zero-order valence-corrected chi connectivity index (χ0v) is 9.66. The first-order valence-electron chi connectivity index (χ1n) is 5.27. The lowest BCUT2D eigenvalue weighted by molar-refractivity contribution is -0.143. The van der Waals surface area contributed by atoms with Crippen LogP contribution >= 0.6 is 0 Å². The topological polar surface area (TPSA) is 14.2 Å². The monoisotopic (exact) mass is 295 g/mol. The molecule has 0 fully saturated rings. The summed E-state index contributed by atoms with van der Waals surface area (Å²) in [7, 11) is 0. The minimum Gasteiger partial charge on any atom is -0.376 e. The fraction of sp³-hybridized carbons (Fsp3) is 0.167. The van der Waals surface area contributed by atoms with Crippen LogP contribution in [-0.2, 0) is 12.4 Å². The first-order chi connectivity index (χ1) is 9.16. The van der Waals surface area contributed by atoms with Crippen LogP contribution in [0.15, 0.2) is 42.7 Å². The molecule has 0 aliphatic heterocycles. The van der Waals surface area contributed by atoms with Crippen LogP contribution in [0.4, 0.5) is 26.3 Å². The minimum absolute atomic E-state index is 0.0442. The van der Waals surface area contributed by atoms with Gasteiger partial charge in [-0.05, 0) is 30.3 Å². The molecule has 20 heavy (non-hydrogen) atoms. The molecule has 1 aromatic heterocycles. The van der Waals surface area contributed by atoms with Gasteiger partial charge in [-0.15, -0.1) is 0 Å². The summed E-state index contributed by atoms with van der Waals surface area (Å²) in [6, 6.07) is 4.09. The van der Waals surface area contributed by atoms with Crippen LogP contribution in [0.3, 0.4) is 0 Å². The Morgan fingerprint density at radius 2 is 1.20 bits per heavy atom. The third-order valence-corrected chi connectivity index (χ3v) is 2.35. The summed E-state index contributed by atoms with van der Waals surface area (Å²) in [5.41, 5.74) is -2.84. The Bertz CT molecular complexity index is 553. The van der Waals surface area contributed by atoms with Gasteiger partial charge in [0, 0.05) is 12.4 Å². The van der Waals surface area contributed by atoms with Crippen LogP contribution < -0.4 is 4.84 Å². The van der Waals surface area contributed by atoms with Crippen molar-refractivity contribution in [3.05, 3.63) is 53.9 Å². The first-order valence-corrected chi connectivity index (χ1v) is 5.27. The SMILES string of the molecule is FC(F)(F)c1cc(On2cccc2)cc(C(F)(F)F)c1. The number of halogens is 6. The number of nitrogens with zero attached hydrogens (tertiary/aromatic N) is 1. The molecule has 0 bridgehead atoms. The highest BCUT2D eigenvalue weighted by molar-refractivity contribution is 5.37. The van der Waals surface area contributed by atoms with Crippen molar-refractivity contribution in [1.82, 2.24) is 4.73 Å². The average Bonchev–Trinajstić information content (AvgIpc) is 2.79. The summed E-state index contributed by atoms with van der Waals surface area (Å²) in [4.78, 5) is 4.91. The molecule has 0 unspecified atom stereocenters. The summed E-state index contributed by atoms with van der Waals surface area (Å²) in [5, 5.41) is 0. The molecule has 0 spiro atoms. The van der Waals surface area contributed by atoms with Crippen molar-refractivity contribution in [2.75, 3.05) is 0 Å². The Morgan fingerprint density at radius 3 is 1.60 bits per heavy atom. The third-order valence-electron chi connectivity index (χ3n) is 2.35. The summed E-state index contributed by atoms with van der Waals surface area (Å²) >= 11 is 0. The lowest BCUT2D eigenvalue weighted by Gasteiger charge is -2.14. The Morgan fingerprint density at radius 1 is 0.750 bits per heavy atom. The van der Waals surface area contributed by atoms with Gasteiger partial charge < -0.3 is 4.84 Å². The number of benzene rings is 1. The standard InChI is InChI=1S/C12H7F6NO/c13-11(14,15)8-5-9(12(16,17)18)7-10(6-8)20-19-3-1-2-4-19/h1-7H. The van der Waals surface area contributed by atoms with E-state index in [0.717, 1.165) is 4.73 Å². The molecule has 1 heterocycles. The van der Waals surface area contributed by atoms with E-state index in [9.17, 15) is 26.3 Å². The summed E-state index contributed by atoms with van der Waals surface area (Å²) < 4.78 is 76.5. The molecule has 0 atom stereocenters. The van der Waals surface area contributed by atoms with Crippen LogP contribution in [-0.4, -0.2) is 4.73 Å². The fourth-order valence-corrected chi connectivity index (χ4v) is 1.48. The molecule has 2 rings (SSSR count). The molecule has 0 saturated heterocycles. The van der Waals surface area contributed by atoms with Gasteiger partial charge in [0.15, 0.2) is 5.75 Å². The quantitative estimate of drug-likeness (QED) is 0.750. The van der Waals surface area contributed by atoms with Crippen molar-refractivity contribution in [3.8, 4) is 5.75 Å². The van der Waals surface area contributed by atoms with Crippen molar-refractivity contribution >= 4 is 0 Å². The van der Waals surface area contributed by atoms with Gasteiger partial charge in [-0.1, -0.05) is 0 Å². The van der Waals surface area contributed by atoms with Crippen LogP contribution in [0.2, 0.25) is 0 Å². The number of hydrogen-bond donors (Lipinski definition) is 0. The van der Waals surface area contributed by atoms with E-state index in [1.165, 1.54) is 24.5 Å². The molecule has 0 N–H and O–H groups in total. The molecule has 0 aliphatic carbocycles. The molecule has 0 aliphatic rings. The maximum absolute atomic E-state index is 12.6. The van der Waals surface area contributed by atoms with E-state index in [2.05, 4.69) is 0 Å². The smallest absolute Gasteiger partial charge is 0.376 e. The van der Waals surface area contributed by atoms with E-state index in [1.807, 2.05) is 0 Å². The largest absolute Gasteiger partial charge is 0.416 e. The zero-order chi connectivity index (χ0) is 15.0. The van der Waals surface area contributed by atoms with Crippen molar-refractivity contribution in [3.63, 3.8) is 0 Å². The van der Waals surface area contributed by atoms with Crippen LogP contribution in [0.1, 0.15) is 11.1 Å². The molecule has 108 valence electrons. The first kappa shape index (κ1) is 14.3. The summed E-state index contributed by atoms with van der Waals surface area (Å²) in [6.45, 7) is 0. The zero-order valence-electron chi connectivity index (χ0n) is 9.66. The second kappa shape index (κ2) is 4.77. The molecule has 1 aromatic carbocycles. The Kier molecular flexibility index (Phi) is 3.41. The highest BCUT2D eigenvalue weighted by Gasteiger charge is 2.37. The van der Waals surface area contributed by atoms with E-state index in [0.29, 0.717) is 12.1 Å². The second-order valence-electron chi connectivity index (χ2n) is 3.88. The molecule has 2 nitrogen and oxygen atoms in total. The Labute approximate surface area is 109 Å². The van der Waals surface area contributed by atoms with Gasteiger partial charge in [0.05, 0.1) is 11.1 Å². The van der Waals surface area contributed by atoms with Crippen molar-refractivity contribution < 1.29 is 31.2 Å². The Hall–Kier alpha value is -2.12. The van der Waals surface area contributed by atoms with Gasteiger partial charge in [-0.3, -0.25) is 0 Å². The third kappa shape index (κ3) is 3.25. The molecular formula is C12H7F6NO. The van der Waals surface area contributed by atoms with Crippen molar-refractivity contribution in [1.29, 1.82) is 0 Å². The fourth-order valence-electron chi connectivity index (χ4n) is 1.48. The molecule has 8 heteroatoms. The summed E-state index contributed by atoms with van der Waals surface area (Å²) in [6.07, 6.45) is -7.10. The normalized spacial score (nSPS) is 12.5. The van der Waals surface area contributed by atoms with E-state index < -0.39 is 29.2 Å². The predicted octanol–water partition coefficient (Wildman–Crippen LogP) is 4.37. The van der Waals surface area contributed by atoms with Crippen LogP contribution in [0.25, 0.3) is 0 Å². The number of aromatic nitrogens is 1. The maximum atomic E-state index is 12.6. The number of rotatable bonds is 2. The molecule has 0 saturated carbocycles. The second-order valence-corrected chi connectivity index (χ2v) is 3.88. The van der Waals surface area contributed by atoms with E-state index in [1.54, 1.807) is 0 Å². The lowest BCUT2D eigenvalue weighted by atomic mass is 10.1. The molecule has 0 radical (unpaired) electrons. The van der Waals surface area contributed by atoms with E-state index in [-0.39, 0.29) is 6.07 Å². The average molecular weight is 295 g/mol. The molecule has 2 aromatic rings. The van der Waals surface area contributed by atoms with Crippen molar-refractivity contribution in [2.45, 2.75) is 12.4 Å². The van der Waals surface area contributed by atoms with Gasteiger partial charge in [-0.2, -0.15) is 31.1 Å². The van der Waals surface area contributed by atoms with Crippen LogP contribution in [0, 0.1) is 0 Å². The van der Waals surface area contributed by atoms with Crippen LogP contribution in [0.5, 0.6) is 5.75 Å². The summed E-state index contributed by atoms with van der Waals surface area (Å²) in [5.74, 6) is -0.552. The maximum Gasteiger partial charge on any atom is 0.416 e. The van der Waals surface area contributed by atoms with Gasteiger partial charge in [0.25, 0.3) is 0 Å². The van der Waals surface area contributed by atoms with Gasteiger partial charge in [0.2, 0.25) is 0 Å². The predicted molar refractivity (Wildman–Crippen MR) is 56.9 cm³/mol. The Balaban J connectivity index is 2.46. The number of hydrogen-bond acceptors (Lipinski definition) is 1. The molecule has 0 amide bonds. The number of alkyl halides is 6. The highest BCUT2D eigenvalue weighted by Crippen LogP contribution is 2.38.